The highest BCUT2D eigenvalue weighted by atomic mass is 19.1. The summed E-state index contributed by atoms with van der Waals surface area (Å²) in [4.78, 5) is 24.7. The van der Waals surface area contributed by atoms with Crippen molar-refractivity contribution in [2.24, 2.45) is 0 Å². The zero-order valence-corrected chi connectivity index (χ0v) is 14.4. The van der Waals surface area contributed by atoms with Crippen molar-refractivity contribution in [3.63, 3.8) is 0 Å². The molecule has 1 amide bonds. The lowest BCUT2D eigenvalue weighted by molar-refractivity contribution is 0.0739. The van der Waals surface area contributed by atoms with E-state index in [2.05, 4.69) is 9.97 Å². The Kier molecular flexibility index (Phi) is 5.11. The van der Waals surface area contributed by atoms with Gasteiger partial charge in [0.25, 0.3) is 5.91 Å². The van der Waals surface area contributed by atoms with Crippen LogP contribution in [0.1, 0.15) is 24.2 Å². The molecule has 2 aromatic rings. The van der Waals surface area contributed by atoms with E-state index in [1.165, 1.54) is 6.07 Å². The number of pyridine rings is 2. The van der Waals surface area contributed by atoms with Crippen molar-refractivity contribution < 1.29 is 13.9 Å². The van der Waals surface area contributed by atoms with E-state index >= 15 is 0 Å². The highest BCUT2D eigenvalue weighted by Crippen LogP contribution is 2.21. The largest absolute Gasteiger partial charge is 0.474 e. The minimum absolute atomic E-state index is 0.0644. The summed E-state index contributed by atoms with van der Waals surface area (Å²) in [6, 6.07) is 6.40. The van der Waals surface area contributed by atoms with E-state index in [9.17, 15) is 9.18 Å². The molecule has 0 radical (unpaired) electrons. The van der Waals surface area contributed by atoms with Gasteiger partial charge in [-0.05, 0) is 38.1 Å². The molecular formula is C18H21FN4O2. The van der Waals surface area contributed by atoms with E-state index in [1.807, 2.05) is 18.7 Å². The van der Waals surface area contributed by atoms with Crippen LogP contribution < -0.4 is 9.64 Å². The van der Waals surface area contributed by atoms with E-state index in [1.54, 1.807) is 35.5 Å². The number of anilines is 1. The Balaban J connectivity index is 1.69. The van der Waals surface area contributed by atoms with Crippen LogP contribution in [0.3, 0.4) is 0 Å². The number of hydrogen-bond donors (Lipinski definition) is 0. The minimum Gasteiger partial charge on any atom is -0.474 e. The summed E-state index contributed by atoms with van der Waals surface area (Å²) in [6.45, 7) is 5.82. The molecule has 1 aliphatic heterocycles. The molecule has 1 fully saturated rings. The van der Waals surface area contributed by atoms with Crippen molar-refractivity contribution in [3.8, 4) is 5.88 Å². The number of amides is 1. The number of nitrogens with zero attached hydrogens (tertiary/aromatic N) is 4. The molecule has 7 heteroatoms. The molecule has 6 nitrogen and oxygen atoms in total. The normalized spacial score (nSPS) is 14.7. The van der Waals surface area contributed by atoms with E-state index in [-0.39, 0.29) is 17.8 Å². The number of rotatable bonds is 4. The average molecular weight is 344 g/mol. The van der Waals surface area contributed by atoms with Gasteiger partial charge < -0.3 is 14.5 Å². The average Bonchev–Trinajstić information content (AvgIpc) is 2.62. The fourth-order valence-corrected chi connectivity index (χ4v) is 2.77. The molecule has 0 aromatic carbocycles. The Hall–Kier alpha value is -2.70. The molecule has 2 aromatic heterocycles. The maximum Gasteiger partial charge on any atom is 0.259 e. The van der Waals surface area contributed by atoms with Crippen LogP contribution in [0, 0.1) is 5.82 Å². The maximum absolute atomic E-state index is 13.9. The summed E-state index contributed by atoms with van der Waals surface area (Å²) in [6.07, 6.45) is 3.11. The SMILES string of the molecule is CC(C)Oc1ncccc1C(=O)N1CCN(c2ncccc2F)CC1. The maximum atomic E-state index is 13.9. The Bertz CT molecular complexity index is 745. The van der Waals surface area contributed by atoms with Gasteiger partial charge in [0.05, 0.1) is 6.10 Å². The summed E-state index contributed by atoms with van der Waals surface area (Å²) < 4.78 is 19.5. The Labute approximate surface area is 146 Å². The third-order valence-corrected chi connectivity index (χ3v) is 3.95. The number of carbonyl (C=O) groups excluding carboxylic acids is 1. The van der Waals surface area contributed by atoms with Crippen LogP contribution in [0.15, 0.2) is 36.7 Å². The van der Waals surface area contributed by atoms with Crippen LogP contribution in [0.5, 0.6) is 5.88 Å². The van der Waals surface area contributed by atoms with Crippen LogP contribution >= 0.6 is 0 Å². The van der Waals surface area contributed by atoms with E-state index in [0.29, 0.717) is 43.4 Å². The zero-order chi connectivity index (χ0) is 17.8. The van der Waals surface area contributed by atoms with Crippen molar-refractivity contribution >= 4 is 11.7 Å². The minimum atomic E-state index is -0.345. The Morgan fingerprint density at radius 2 is 1.80 bits per heavy atom. The van der Waals surface area contributed by atoms with Gasteiger partial charge in [-0.15, -0.1) is 0 Å². The molecule has 0 bridgehead atoms. The lowest BCUT2D eigenvalue weighted by Crippen LogP contribution is -2.49. The van der Waals surface area contributed by atoms with Crippen LogP contribution in [0.4, 0.5) is 10.2 Å². The molecule has 0 aliphatic carbocycles. The van der Waals surface area contributed by atoms with E-state index in [0.717, 1.165) is 0 Å². The Morgan fingerprint density at radius 1 is 1.12 bits per heavy atom. The molecule has 0 spiro atoms. The fraction of sp³-hybridized carbons (Fsp3) is 0.389. The monoisotopic (exact) mass is 344 g/mol. The summed E-state index contributed by atoms with van der Waals surface area (Å²) in [5.74, 6) is 0.215. The molecule has 0 saturated carbocycles. The molecule has 3 rings (SSSR count). The fourth-order valence-electron chi connectivity index (χ4n) is 2.77. The van der Waals surface area contributed by atoms with E-state index in [4.69, 9.17) is 4.74 Å². The number of carbonyl (C=O) groups is 1. The summed E-state index contributed by atoms with van der Waals surface area (Å²) in [5.41, 5.74) is 0.452. The first kappa shape index (κ1) is 17.1. The Morgan fingerprint density at radius 3 is 2.48 bits per heavy atom. The number of hydrogen-bond acceptors (Lipinski definition) is 5. The molecular weight excluding hydrogens is 323 g/mol. The molecule has 0 N–H and O–H groups in total. The highest BCUT2D eigenvalue weighted by molar-refractivity contribution is 5.96. The third-order valence-electron chi connectivity index (χ3n) is 3.95. The zero-order valence-electron chi connectivity index (χ0n) is 14.4. The van der Waals surface area contributed by atoms with E-state index < -0.39 is 0 Å². The van der Waals surface area contributed by atoms with Gasteiger partial charge in [-0.3, -0.25) is 4.79 Å². The molecule has 3 heterocycles. The van der Waals surface area contributed by atoms with Crippen molar-refractivity contribution in [1.82, 2.24) is 14.9 Å². The first-order chi connectivity index (χ1) is 12.1. The molecule has 1 saturated heterocycles. The smallest absolute Gasteiger partial charge is 0.259 e. The van der Waals surface area contributed by atoms with Gasteiger partial charge in [-0.25, -0.2) is 14.4 Å². The van der Waals surface area contributed by atoms with Crippen molar-refractivity contribution in [1.29, 1.82) is 0 Å². The number of aromatic nitrogens is 2. The van der Waals surface area contributed by atoms with Crippen molar-refractivity contribution in [2.75, 3.05) is 31.1 Å². The van der Waals surface area contributed by atoms with Gasteiger partial charge in [0.1, 0.15) is 5.56 Å². The van der Waals surface area contributed by atoms with Gasteiger partial charge in [0.2, 0.25) is 5.88 Å². The summed E-state index contributed by atoms with van der Waals surface area (Å²) >= 11 is 0. The standard InChI is InChI=1S/C18H21FN4O2/c1-13(2)25-17-14(5-3-8-21-17)18(24)23-11-9-22(10-12-23)16-15(19)6-4-7-20-16/h3-8,13H,9-12H2,1-2H3. The second-order valence-corrected chi connectivity index (χ2v) is 6.11. The lowest BCUT2D eigenvalue weighted by atomic mass is 10.2. The molecule has 1 aliphatic rings. The quantitative estimate of drug-likeness (QED) is 0.852. The lowest BCUT2D eigenvalue weighted by Gasteiger charge is -2.35. The van der Waals surface area contributed by atoms with Crippen LogP contribution in [-0.4, -0.2) is 53.1 Å². The van der Waals surface area contributed by atoms with Gasteiger partial charge in [-0.2, -0.15) is 0 Å². The van der Waals surface area contributed by atoms with Gasteiger partial charge in [0, 0.05) is 38.6 Å². The molecule has 0 unspecified atom stereocenters. The van der Waals surface area contributed by atoms with Gasteiger partial charge in [0.15, 0.2) is 11.6 Å². The van der Waals surface area contributed by atoms with Crippen LogP contribution in [0.25, 0.3) is 0 Å². The summed E-state index contributed by atoms with van der Waals surface area (Å²) in [7, 11) is 0. The molecule has 25 heavy (non-hydrogen) atoms. The number of halogens is 1. The van der Waals surface area contributed by atoms with Crippen molar-refractivity contribution in [2.45, 2.75) is 20.0 Å². The predicted molar refractivity (Wildman–Crippen MR) is 92.3 cm³/mol. The van der Waals surface area contributed by atoms with Crippen LogP contribution in [0.2, 0.25) is 0 Å². The van der Waals surface area contributed by atoms with Crippen LogP contribution in [-0.2, 0) is 0 Å². The van der Waals surface area contributed by atoms with Gasteiger partial charge >= 0.3 is 0 Å². The first-order valence-corrected chi connectivity index (χ1v) is 8.32. The number of ether oxygens (including phenoxy) is 1. The molecule has 132 valence electrons. The second kappa shape index (κ2) is 7.46. The second-order valence-electron chi connectivity index (χ2n) is 6.11. The first-order valence-electron chi connectivity index (χ1n) is 8.32. The number of piperazine rings is 1. The highest BCUT2D eigenvalue weighted by Gasteiger charge is 2.26. The topological polar surface area (TPSA) is 58.6 Å². The summed E-state index contributed by atoms with van der Waals surface area (Å²) in [5, 5.41) is 0. The van der Waals surface area contributed by atoms with Gasteiger partial charge in [-0.1, -0.05) is 0 Å². The molecule has 0 atom stereocenters. The third kappa shape index (κ3) is 3.87. The van der Waals surface area contributed by atoms with Crippen molar-refractivity contribution in [3.05, 3.63) is 48.0 Å². The predicted octanol–water partition coefficient (Wildman–Crippen LogP) is 2.37.